The quantitative estimate of drug-likeness (QED) is 0.862. The largest absolute Gasteiger partial charge is 0.493 e. The normalized spacial score (nSPS) is 12.6. The molecule has 0 bridgehead atoms. The average Bonchev–Trinajstić information content (AvgIpc) is 2.95. The van der Waals surface area contributed by atoms with Crippen LogP contribution in [0, 0.1) is 0 Å². The van der Waals surface area contributed by atoms with Crippen LogP contribution in [0.1, 0.15) is 16.7 Å². The van der Waals surface area contributed by atoms with E-state index in [-0.39, 0.29) is 0 Å². The lowest BCUT2D eigenvalue weighted by Gasteiger charge is -2.10. The molecule has 0 fully saturated rings. The van der Waals surface area contributed by atoms with Crippen LogP contribution >= 0.6 is 12.2 Å². The van der Waals surface area contributed by atoms with Crippen molar-refractivity contribution >= 4 is 17.2 Å². The summed E-state index contributed by atoms with van der Waals surface area (Å²) in [5, 5.41) is 0. The fourth-order valence-electron chi connectivity index (χ4n) is 2.47. The Kier molecular flexibility index (Phi) is 4.06. The van der Waals surface area contributed by atoms with Gasteiger partial charge in [0.1, 0.15) is 16.5 Å². The molecule has 2 aromatic rings. The Hall–Kier alpha value is -2.07. The van der Waals surface area contributed by atoms with E-state index in [0.29, 0.717) is 11.6 Å². The molecule has 0 aliphatic carbocycles. The first-order valence-electron chi connectivity index (χ1n) is 7.00. The number of hydrogen-bond donors (Lipinski definition) is 1. The maximum absolute atomic E-state index is 5.82. The second kappa shape index (κ2) is 6.14. The number of para-hydroxylation sites is 1. The van der Waals surface area contributed by atoms with E-state index in [2.05, 4.69) is 12.1 Å². The average molecular weight is 299 g/mol. The minimum atomic E-state index is 0.361. The van der Waals surface area contributed by atoms with Crippen molar-refractivity contribution in [2.45, 2.75) is 12.8 Å². The molecule has 2 aromatic carbocycles. The molecule has 0 saturated heterocycles. The van der Waals surface area contributed by atoms with Crippen molar-refractivity contribution in [3.05, 3.63) is 59.2 Å². The summed E-state index contributed by atoms with van der Waals surface area (Å²) in [4.78, 5) is 0.361. The van der Waals surface area contributed by atoms with Crippen LogP contribution in [-0.4, -0.2) is 18.2 Å². The monoisotopic (exact) mass is 299 g/mol. The van der Waals surface area contributed by atoms with Crippen molar-refractivity contribution in [3.8, 4) is 11.5 Å². The second-order valence-electron chi connectivity index (χ2n) is 5.00. The summed E-state index contributed by atoms with van der Waals surface area (Å²) in [6, 6.07) is 13.9. The van der Waals surface area contributed by atoms with E-state index in [1.807, 2.05) is 30.3 Å². The number of nitrogens with two attached hydrogens (primary N) is 1. The molecule has 0 atom stereocenters. The van der Waals surface area contributed by atoms with Crippen molar-refractivity contribution < 1.29 is 9.47 Å². The predicted molar refractivity (Wildman–Crippen MR) is 87.2 cm³/mol. The first kappa shape index (κ1) is 13.9. The molecular weight excluding hydrogens is 282 g/mol. The Bertz CT molecular complexity index is 670. The zero-order valence-corrected chi connectivity index (χ0v) is 12.5. The highest BCUT2D eigenvalue weighted by atomic mass is 32.1. The molecule has 0 unspecified atom stereocenters. The van der Waals surface area contributed by atoms with E-state index < -0.39 is 0 Å². The Labute approximate surface area is 129 Å². The van der Waals surface area contributed by atoms with Gasteiger partial charge in [0, 0.05) is 12.8 Å². The highest BCUT2D eigenvalue weighted by molar-refractivity contribution is 7.80. The Morgan fingerprint density at radius 2 is 2.10 bits per heavy atom. The third kappa shape index (κ3) is 3.16. The van der Waals surface area contributed by atoms with Gasteiger partial charge >= 0.3 is 0 Å². The fourth-order valence-corrected chi connectivity index (χ4v) is 2.64. The molecule has 1 aliphatic heterocycles. The summed E-state index contributed by atoms with van der Waals surface area (Å²) in [6.07, 6.45) is 1.84. The Morgan fingerprint density at radius 1 is 1.24 bits per heavy atom. The van der Waals surface area contributed by atoms with Gasteiger partial charge in [-0.15, -0.1) is 0 Å². The van der Waals surface area contributed by atoms with Gasteiger partial charge in [0.25, 0.3) is 0 Å². The Balaban J connectivity index is 1.63. The van der Waals surface area contributed by atoms with Crippen molar-refractivity contribution in [1.29, 1.82) is 0 Å². The maximum atomic E-state index is 5.82. The van der Waals surface area contributed by atoms with Crippen LogP contribution in [0.15, 0.2) is 42.5 Å². The summed E-state index contributed by atoms with van der Waals surface area (Å²) in [5.41, 5.74) is 9.03. The van der Waals surface area contributed by atoms with Gasteiger partial charge in [-0.05, 0) is 29.3 Å². The number of ether oxygens (including phenoxy) is 2. The van der Waals surface area contributed by atoms with Crippen LogP contribution in [0.5, 0.6) is 11.5 Å². The number of hydrogen-bond acceptors (Lipinski definition) is 3. The molecule has 108 valence electrons. The maximum Gasteiger partial charge on any atom is 0.129 e. The summed E-state index contributed by atoms with van der Waals surface area (Å²) in [6.45, 7) is 1.38. The summed E-state index contributed by atoms with van der Waals surface area (Å²) in [5.74, 6) is 1.76. The second-order valence-corrected chi connectivity index (χ2v) is 5.44. The lowest BCUT2D eigenvalue weighted by Crippen LogP contribution is -2.12. The van der Waals surface area contributed by atoms with Crippen molar-refractivity contribution in [3.63, 3.8) is 0 Å². The fraction of sp³-hybridized carbons (Fsp3) is 0.235. The lowest BCUT2D eigenvalue weighted by molar-refractivity contribution is 0.321. The molecule has 0 amide bonds. The van der Waals surface area contributed by atoms with Crippen LogP contribution in [0.25, 0.3) is 0 Å². The summed E-state index contributed by atoms with van der Waals surface area (Å²) >= 11 is 5.03. The highest BCUT2D eigenvalue weighted by Gasteiger charge is 2.12. The van der Waals surface area contributed by atoms with Gasteiger partial charge in [-0.3, -0.25) is 0 Å². The minimum Gasteiger partial charge on any atom is -0.493 e. The van der Waals surface area contributed by atoms with Crippen LogP contribution < -0.4 is 15.2 Å². The van der Waals surface area contributed by atoms with Gasteiger partial charge in [-0.25, -0.2) is 0 Å². The molecule has 2 N–H and O–H groups in total. The molecule has 0 saturated carbocycles. The predicted octanol–water partition coefficient (Wildman–Crippen LogP) is 2.88. The van der Waals surface area contributed by atoms with Gasteiger partial charge in [-0.1, -0.05) is 36.5 Å². The van der Waals surface area contributed by atoms with Crippen LogP contribution in [0.3, 0.4) is 0 Å². The van der Waals surface area contributed by atoms with E-state index in [9.17, 15) is 0 Å². The zero-order valence-electron chi connectivity index (χ0n) is 11.7. The van der Waals surface area contributed by atoms with Crippen LogP contribution in [0.2, 0.25) is 0 Å². The third-order valence-corrected chi connectivity index (χ3v) is 3.77. The molecule has 0 radical (unpaired) electrons. The molecule has 1 aliphatic rings. The molecule has 4 heteroatoms. The van der Waals surface area contributed by atoms with Gasteiger partial charge < -0.3 is 15.2 Å². The first-order chi connectivity index (χ1) is 10.2. The molecule has 0 aromatic heterocycles. The first-order valence-corrected chi connectivity index (χ1v) is 7.41. The van der Waals surface area contributed by atoms with E-state index in [4.69, 9.17) is 27.4 Å². The van der Waals surface area contributed by atoms with E-state index in [1.54, 1.807) is 0 Å². The number of thiocarbonyl (C=S) groups is 1. The van der Waals surface area contributed by atoms with Gasteiger partial charge in [0.2, 0.25) is 0 Å². The molecule has 21 heavy (non-hydrogen) atoms. The topological polar surface area (TPSA) is 44.5 Å². The number of rotatable bonds is 5. The molecule has 3 nitrogen and oxygen atoms in total. The van der Waals surface area contributed by atoms with E-state index in [1.165, 1.54) is 11.1 Å². The minimum absolute atomic E-state index is 0.361. The van der Waals surface area contributed by atoms with E-state index >= 15 is 0 Å². The van der Waals surface area contributed by atoms with Crippen molar-refractivity contribution in [1.82, 2.24) is 0 Å². The highest BCUT2D eigenvalue weighted by Crippen LogP contribution is 2.26. The Morgan fingerprint density at radius 3 is 2.95 bits per heavy atom. The van der Waals surface area contributed by atoms with Crippen LogP contribution in [-0.2, 0) is 12.8 Å². The summed E-state index contributed by atoms with van der Waals surface area (Å²) in [7, 11) is 0. The van der Waals surface area contributed by atoms with Gasteiger partial charge in [0.05, 0.1) is 18.8 Å². The molecule has 1 heterocycles. The van der Waals surface area contributed by atoms with Crippen molar-refractivity contribution in [2.75, 3.05) is 13.2 Å². The summed E-state index contributed by atoms with van der Waals surface area (Å²) < 4.78 is 11.3. The van der Waals surface area contributed by atoms with Crippen molar-refractivity contribution in [2.24, 2.45) is 5.73 Å². The third-order valence-electron chi connectivity index (χ3n) is 3.55. The lowest BCUT2D eigenvalue weighted by atomic mass is 10.1. The van der Waals surface area contributed by atoms with Gasteiger partial charge in [-0.2, -0.15) is 0 Å². The van der Waals surface area contributed by atoms with Gasteiger partial charge in [0.15, 0.2) is 0 Å². The smallest absolute Gasteiger partial charge is 0.129 e. The number of benzene rings is 2. The zero-order chi connectivity index (χ0) is 14.7. The standard InChI is InChI=1S/C17H17NO2S/c18-17(21)14-3-1-2-4-16(14)20-9-7-12-5-6-15-13(11-12)8-10-19-15/h1-6,11H,7-10H2,(H2,18,21). The molecule has 3 rings (SSSR count). The van der Waals surface area contributed by atoms with E-state index in [0.717, 1.165) is 36.5 Å². The molecule has 0 spiro atoms. The molecular formula is C17H17NO2S. The van der Waals surface area contributed by atoms with Crippen LogP contribution in [0.4, 0.5) is 0 Å². The SMILES string of the molecule is NC(=S)c1ccccc1OCCc1ccc2c(c1)CCO2. The number of fused-ring (bicyclic) bond motifs is 1.